The molecule has 110 valence electrons. The number of carbonyl (C=O) groups excluding carboxylic acids is 1. The van der Waals surface area contributed by atoms with Gasteiger partial charge in [0.2, 0.25) is 5.91 Å². The number of carbonyl (C=O) groups is 2. The highest BCUT2D eigenvalue weighted by Crippen LogP contribution is 2.12. The molecule has 0 saturated carbocycles. The Balaban J connectivity index is 2.24. The second-order valence-corrected chi connectivity index (χ2v) is 4.49. The lowest BCUT2D eigenvalue weighted by Gasteiger charge is -2.07. The van der Waals surface area contributed by atoms with Crippen LogP contribution < -0.4 is 10.1 Å². The third-order valence-electron chi connectivity index (χ3n) is 2.70. The molecule has 0 heterocycles. The van der Waals surface area contributed by atoms with Crippen LogP contribution in [0.1, 0.15) is 31.7 Å². The van der Waals surface area contributed by atoms with Gasteiger partial charge in [-0.25, -0.2) is 0 Å². The summed E-state index contributed by atoms with van der Waals surface area (Å²) >= 11 is 0. The minimum absolute atomic E-state index is 0.0269. The first-order valence-corrected chi connectivity index (χ1v) is 6.82. The third kappa shape index (κ3) is 6.78. The summed E-state index contributed by atoms with van der Waals surface area (Å²) in [4.78, 5) is 21.6. The smallest absolute Gasteiger partial charge is 0.303 e. The second kappa shape index (κ2) is 8.96. The Bertz CT molecular complexity index is 428. The Morgan fingerprint density at radius 1 is 1.20 bits per heavy atom. The van der Waals surface area contributed by atoms with E-state index in [9.17, 15) is 9.59 Å². The van der Waals surface area contributed by atoms with Crippen LogP contribution >= 0.6 is 0 Å². The van der Waals surface area contributed by atoms with Crippen molar-refractivity contribution in [2.75, 3.05) is 13.2 Å². The molecule has 0 bridgehead atoms. The molecule has 1 amide bonds. The zero-order chi connectivity index (χ0) is 14.8. The van der Waals surface area contributed by atoms with Crippen LogP contribution in [0.2, 0.25) is 0 Å². The predicted molar refractivity (Wildman–Crippen MR) is 75.8 cm³/mol. The molecule has 0 aliphatic carbocycles. The number of ether oxygens (including phenoxy) is 1. The van der Waals surface area contributed by atoms with Crippen molar-refractivity contribution in [2.45, 2.75) is 32.6 Å². The third-order valence-corrected chi connectivity index (χ3v) is 2.70. The first-order valence-electron chi connectivity index (χ1n) is 6.82. The van der Waals surface area contributed by atoms with E-state index in [0.717, 1.165) is 17.7 Å². The van der Waals surface area contributed by atoms with Gasteiger partial charge in [-0.15, -0.1) is 0 Å². The van der Waals surface area contributed by atoms with Gasteiger partial charge in [-0.3, -0.25) is 9.59 Å². The van der Waals surface area contributed by atoms with E-state index in [4.69, 9.17) is 9.84 Å². The average molecular weight is 279 g/mol. The molecule has 0 atom stereocenters. The number of carboxylic acid groups (broad SMARTS) is 1. The van der Waals surface area contributed by atoms with E-state index < -0.39 is 5.97 Å². The second-order valence-electron chi connectivity index (χ2n) is 4.49. The van der Waals surface area contributed by atoms with Gasteiger partial charge >= 0.3 is 5.97 Å². The standard InChI is InChI=1S/C15H21NO4/c1-2-11-20-13-5-3-12(4-6-13)9-10-16-14(17)7-8-15(18)19/h3-6H,2,7-11H2,1H3,(H,16,17)(H,18,19). The summed E-state index contributed by atoms with van der Waals surface area (Å²) in [5.74, 6) is -0.334. The number of aliphatic carboxylic acids is 1. The first-order chi connectivity index (χ1) is 9.61. The molecule has 5 heteroatoms. The van der Waals surface area contributed by atoms with Gasteiger partial charge < -0.3 is 15.2 Å². The highest BCUT2D eigenvalue weighted by atomic mass is 16.5. The van der Waals surface area contributed by atoms with Crippen LogP contribution in [-0.2, 0) is 16.0 Å². The fourth-order valence-corrected chi connectivity index (χ4v) is 1.63. The molecule has 1 aromatic carbocycles. The van der Waals surface area contributed by atoms with Crippen molar-refractivity contribution in [3.63, 3.8) is 0 Å². The Morgan fingerprint density at radius 2 is 1.90 bits per heavy atom. The first kappa shape index (κ1) is 16.0. The van der Waals surface area contributed by atoms with Crippen molar-refractivity contribution in [1.29, 1.82) is 0 Å². The number of carboxylic acids is 1. The van der Waals surface area contributed by atoms with E-state index in [2.05, 4.69) is 12.2 Å². The lowest BCUT2D eigenvalue weighted by Crippen LogP contribution is -2.25. The minimum Gasteiger partial charge on any atom is -0.494 e. The van der Waals surface area contributed by atoms with Gasteiger partial charge in [-0.05, 0) is 30.5 Å². The van der Waals surface area contributed by atoms with Crippen molar-refractivity contribution < 1.29 is 19.4 Å². The number of rotatable bonds is 9. The van der Waals surface area contributed by atoms with Gasteiger partial charge in [-0.2, -0.15) is 0 Å². The molecule has 1 rings (SSSR count). The molecule has 0 aliphatic heterocycles. The monoisotopic (exact) mass is 279 g/mol. The SMILES string of the molecule is CCCOc1ccc(CCNC(=O)CCC(=O)O)cc1. The highest BCUT2D eigenvalue weighted by Gasteiger charge is 2.04. The fourth-order valence-electron chi connectivity index (χ4n) is 1.63. The van der Waals surface area contributed by atoms with Gasteiger partial charge in [0.05, 0.1) is 13.0 Å². The summed E-state index contributed by atoms with van der Waals surface area (Å²) in [7, 11) is 0. The van der Waals surface area contributed by atoms with Crippen LogP contribution in [0.4, 0.5) is 0 Å². The van der Waals surface area contributed by atoms with E-state index in [1.165, 1.54) is 0 Å². The zero-order valence-electron chi connectivity index (χ0n) is 11.7. The maximum atomic E-state index is 11.3. The van der Waals surface area contributed by atoms with Crippen molar-refractivity contribution in [2.24, 2.45) is 0 Å². The maximum absolute atomic E-state index is 11.3. The molecule has 2 N–H and O–H groups in total. The molecular weight excluding hydrogens is 258 g/mol. The van der Waals surface area contributed by atoms with Gasteiger partial charge in [0.25, 0.3) is 0 Å². The molecule has 20 heavy (non-hydrogen) atoms. The van der Waals surface area contributed by atoms with Crippen molar-refractivity contribution >= 4 is 11.9 Å². The van der Waals surface area contributed by atoms with Crippen LogP contribution in [0.15, 0.2) is 24.3 Å². The van der Waals surface area contributed by atoms with Gasteiger partial charge in [0, 0.05) is 13.0 Å². The van der Waals surface area contributed by atoms with E-state index in [1.807, 2.05) is 24.3 Å². The topological polar surface area (TPSA) is 75.6 Å². The molecule has 0 aromatic heterocycles. The van der Waals surface area contributed by atoms with Crippen LogP contribution in [0.5, 0.6) is 5.75 Å². The van der Waals surface area contributed by atoms with Crippen molar-refractivity contribution in [3.05, 3.63) is 29.8 Å². The van der Waals surface area contributed by atoms with E-state index in [0.29, 0.717) is 19.6 Å². The summed E-state index contributed by atoms with van der Waals surface area (Å²) in [6, 6.07) is 7.76. The quantitative estimate of drug-likeness (QED) is 0.725. The lowest BCUT2D eigenvalue weighted by molar-refractivity contribution is -0.138. The Morgan fingerprint density at radius 3 is 2.50 bits per heavy atom. The fraction of sp³-hybridized carbons (Fsp3) is 0.467. The number of amides is 1. The van der Waals surface area contributed by atoms with Crippen molar-refractivity contribution in [3.8, 4) is 5.75 Å². The molecule has 5 nitrogen and oxygen atoms in total. The summed E-state index contributed by atoms with van der Waals surface area (Å²) < 4.78 is 5.48. The molecular formula is C15H21NO4. The average Bonchev–Trinajstić information content (AvgIpc) is 2.44. The minimum atomic E-state index is -0.956. The Kier molecular flexibility index (Phi) is 7.17. The number of hydrogen-bond donors (Lipinski definition) is 2. The number of benzene rings is 1. The molecule has 0 fully saturated rings. The van der Waals surface area contributed by atoms with Crippen LogP contribution in [0.3, 0.4) is 0 Å². The lowest BCUT2D eigenvalue weighted by atomic mass is 10.1. The highest BCUT2D eigenvalue weighted by molar-refractivity contribution is 5.80. The van der Waals surface area contributed by atoms with Crippen LogP contribution in [-0.4, -0.2) is 30.1 Å². The van der Waals surface area contributed by atoms with E-state index >= 15 is 0 Å². The summed E-state index contributed by atoms with van der Waals surface area (Å²) in [5.41, 5.74) is 1.10. The van der Waals surface area contributed by atoms with Crippen LogP contribution in [0, 0.1) is 0 Å². The Hall–Kier alpha value is -2.04. The number of nitrogens with one attached hydrogen (secondary N) is 1. The summed E-state index contributed by atoms with van der Waals surface area (Å²) in [6.07, 6.45) is 1.59. The zero-order valence-corrected chi connectivity index (χ0v) is 11.7. The maximum Gasteiger partial charge on any atom is 0.303 e. The van der Waals surface area contributed by atoms with Gasteiger partial charge in [0.1, 0.15) is 5.75 Å². The number of hydrogen-bond acceptors (Lipinski definition) is 3. The molecule has 0 saturated heterocycles. The van der Waals surface area contributed by atoms with E-state index in [1.54, 1.807) is 0 Å². The normalized spacial score (nSPS) is 10.1. The summed E-state index contributed by atoms with van der Waals surface area (Å²) in [5, 5.41) is 11.2. The van der Waals surface area contributed by atoms with Crippen molar-refractivity contribution in [1.82, 2.24) is 5.32 Å². The van der Waals surface area contributed by atoms with Gasteiger partial charge in [-0.1, -0.05) is 19.1 Å². The largest absolute Gasteiger partial charge is 0.494 e. The van der Waals surface area contributed by atoms with E-state index in [-0.39, 0.29) is 18.7 Å². The van der Waals surface area contributed by atoms with Gasteiger partial charge in [0.15, 0.2) is 0 Å². The Labute approximate surface area is 118 Å². The molecule has 0 unspecified atom stereocenters. The predicted octanol–water partition coefficient (Wildman–Crippen LogP) is 2.00. The van der Waals surface area contributed by atoms with Crippen LogP contribution in [0.25, 0.3) is 0 Å². The molecule has 0 radical (unpaired) electrons. The molecule has 0 aliphatic rings. The summed E-state index contributed by atoms with van der Waals surface area (Å²) in [6.45, 7) is 3.27. The molecule has 0 spiro atoms. The molecule has 1 aromatic rings.